The maximum atomic E-state index is 12.7. The molecule has 0 aliphatic carbocycles. The Balaban J connectivity index is 1.83. The standard InChI is InChI=1S/C17H18N4OS/c1-10-8-12(3)14(9-11(10)2)15(22)13(4)23-17-19-16-18-6-5-7-21(16)20-17/h5-9,13H,1-4H3. The number of aromatic nitrogens is 4. The zero-order valence-corrected chi connectivity index (χ0v) is 14.4. The highest BCUT2D eigenvalue weighted by Gasteiger charge is 2.21. The highest BCUT2D eigenvalue weighted by molar-refractivity contribution is 8.00. The number of carbonyl (C=O) groups is 1. The minimum absolute atomic E-state index is 0.0995. The summed E-state index contributed by atoms with van der Waals surface area (Å²) in [4.78, 5) is 21.2. The second-order valence-electron chi connectivity index (χ2n) is 5.63. The summed E-state index contributed by atoms with van der Waals surface area (Å²) in [7, 11) is 0. The Bertz CT molecular complexity index is 854. The molecule has 3 rings (SSSR count). The minimum Gasteiger partial charge on any atom is -0.293 e. The van der Waals surface area contributed by atoms with Gasteiger partial charge in [-0.25, -0.2) is 9.50 Å². The molecule has 0 aliphatic heterocycles. The van der Waals surface area contributed by atoms with E-state index in [0.717, 1.165) is 16.7 Å². The van der Waals surface area contributed by atoms with Crippen molar-refractivity contribution in [3.8, 4) is 0 Å². The Labute approximate surface area is 139 Å². The lowest BCUT2D eigenvalue weighted by molar-refractivity contribution is 0.0993. The van der Waals surface area contributed by atoms with Crippen molar-refractivity contribution in [1.29, 1.82) is 0 Å². The van der Waals surface area contributed by atoms with Crippen LogP contribution in [0.25, 0.3) is 5.78 Å². The molecule has 1 aromatic carbocycles. The second-order valence-corrected chi connectivity index (χ2v) is 6.94. The van der Waals surface area contributed by atoms with E-state index in [9.17, 15) is 4.79 Å². The largest absolute Gasteiger partial charge is 0.293 e. The van der Waals surface area contributed by atoms with Crippen LogP contribution >= 0.6 is 11.8 Å². The average Bonchev–Trinajstić information content (AvgIpc) is 2.92. The smallest absolute Gasteiger partial charge is 0.253 e. The molecule has 2 aromatic heterocycles. The van der Waals surface area contributed by atoms with E-state index in [0.29, 0.717) is 10.9 Å². The van der Waals surface area contributed by atoms with Crippen molar-refractivity contribution >= 4 is 23.3 Å². The van der Waals surface area contributed by atoms with E-state index in [1.54, 1.807) is 23.0 Å². The van der Waals surface area contributed by atoms with Gasteiger partial charge in [-0.05, 0) is 56.5 Å². The summed E-state index contributed by atoms with van der Waals surface area (Å²) < 4.78 is 1.61. The van der Waals surface area contributed by atoms with Crippen LogP contribution in [-0.4, -0.2) is 30.6 Å². The Morgan fingerprint density at radius 2 is 1.91 bits per heavy atom. The number of hydrogen-bond donors (Lipinski definition) is 0. The van der Waals surface area contributed by atoms with Crippen LogP contribution in [0.2, 0.25) is 0 Å². The van der Waals surface area contributed by atoms with E-state index in [-0.39, 0.29) is 11.0 Å². The van der Waals surface area contributed by atoms with Crippen molar-refractivity contribution in [2.45, 2.75) is 38.1 Å². The van der Waals surface area contributed by atoms with E-state index in [1.807, 2.05) is 26.8 Å². The van der Waals surface area contributed by atoms with Gasteiger partial charge in [0.2, 0.25) is 5.16 Å². The van der Waals surface area contributed by atoms with E-state index in [4.69, 9.17) is 0 Å². The topological polar surface area (TPSA) is 60.2 Å². The molecular formula is C17H18N4OS. The Morgan fingerprint density at radius 1 is 1.17 bits per heavy atom. The van der Waals surface area contributed by atoms with Crippen LogP contribution in [0.1, 0.15) is 34.0 Å². The van der Waals surface area contributed by atoms with E-state index >= 15 is 0 Å². The third-order valence-corrected chi connectivity index (χ3v) is 4.81. The maximum absolute atomic E-state index is 12.7. The van der Waals surface area contributed by atoms with Gasteiger partial charge in [-0.15, -0.1) is 5.10 Å². The summed E-state index contributed by atoms with van der Waals surface area (Å²) in [6.45, 7) is 7.95. The van der Waals surface area contributed by atoms with Crippen LogP contribution < -0.4 is 0 Å². The molecule has 0 radical (unpaired) electrons. The second kappa shape index (κ2) is 6.12. The van der Waals surface area contributed by atoms with Crippen LogP contribution in [0.15, 0.2) is 35.7 Å². The van der Waals surface area contributed by atoms with Gasteiger partial charge in [0, 0.05) is 18.0 Å². The predicted molar refractivity (Wildman–Crippen MR) is 91.1 cm³/mol. The zero-order valence-electron chi connectivity index (χ0n) is 13.6. The Hall–Kier alpha value is -2.21. The summed E-state index contributed by atoms with van der Waals surface area (Å²) in [6.07, 6.45) is 3.46. The maximum Gasteiger partial charge on any atom is 0.253 e. The number of hydrogen-bond acceptors (Lipinski definition) is 5. The number of rotatable bonds is 4. The highest BCUT2D eigenvalue weighted by atomic mass is 32.2. The number of fused-ring (bicyclic) bond motifs is 1. The van der Waals surface area contributed by atoms with Gasteiger partial charge in [-0.1, -0.05) is 17.8 Å². The molecule has 6 heteroatoms. The molecule has 0 bridgehead atoms. The molecule has 23 heavy (non-hydrogen) atoms. The third kappa shape index (κ3) is 3.12. The molecule has 0 spiro atoms. The number of nitrogens with zero attached hydrogens (tertiary/aromatic N) is 4. The van der Waals surface area contributed by atoms with Gasteiger partial charge in [0.15, 0.2) is 5.78 Å². The molecule has 0 N–H and O–H groups in total. The first-order valence-electron chi connectivity index (χ1n) is 7.42. The van der Waals surface area contributed by atoms with Crippen LogP contribution in [-0.2, 0) is 0 Å². The normalized spacial score (nSPS) is 12.5. The molecule has 5 nitrogen and oxygen atoms in total. The molecule has 0 saturated carbocycles. The highest BCUT2D eigenvalue weighted by Crippen LogP contribution is 2.25. The molecule has 2 heterocycles. The van der Waals surface area contributed by atoms with Crippen LogP contribution in [0, 0.1) is 20.8 Å². The fourth-order valence-corrected chi connectivity index (χ4v) is 3.24. The lowest BCUT2D eigenvalue weighted by atomic mass is 9.97. The fraction of sp³-hybridized carbons (Fsp3) is 0.294. The molecular weight excluding hydrogens is 308 g/mol. The minimum atomic E-state index is -0.256. The summed E-state index contributed by atoms with van der Waals surface area (Å²) in [5.41, 5.74) is 4.11. The Kier molecular flexibility index (Phi) is 4.17. The van der Waals surface area contributed by atoms with Crippen molar-refractivity contribution < 1.29 is 4.79 Å². The lowest BCUT2D eigenvalue weighted by Crippen LogP contribution is -2.15. The third-order valence-electron chi connectivity index (χ3n) is 3.85. The fourth-order valence-electron chi connectivity index (χ4n) is 2.42. The van der Waals surface area contributed by atoms with Crippen molar-refractivity contribution in [2.24, 2.45) is 0 Å². The SMILES string of the molecule is Cc1cc(C)c(C(=O)C(C)Sc2nc3ncccn3n2)cc1C. The van der Waals surface area contributed by atoms with E-state index in [2.05, 4.69) is 28.1 Å². The number of carbonyl (C=O) groups excluding carboxylic acids is 1. The van der Waals surface area contributed by atoms with Gasteiger partial charge < -0.3 is 0 Å². The summed E-state index contributed by atoms with van der Waals surface area (Å²) >= 11 is 1.36. The van der Waals surface area contributed by atoms with E-state index in [1.165, 1.54) is 17.3 Å². The Morgan fingerprint density at radius 3 is 2.65 bits per heavy atom. The first-order chi connectivity index (χ1) is 11.0. The van der Waals surface area contributed by atoms with Crippen LogP contribution in [0.3, 0.4) is 0 Å². The summed E-state index contributed by atoms with van der Waals surface area (Å²) in [6, 6.07) is 5.83. The number of ketones is 1. The van der Waals surface area contributed by atoms with Crippen LogP contribution in [0.5, 0.6) is 0 Å². The first-order valence-corrected chi connectivity index (χ1v) is 8.30. The molecule has 1 atom stereocenters. The van der Waals surface area contributed by atoms with Crippen LogP contribution in [0.4, 0.5) is 0 Å². The number of aryl methyl sites for hydroxylation is 3. The number of thioether (sulfide) groups is 1. The van der Waals surface area contributed by atoms with Gasteiger partial charge in [-0.3, -0.25) is 4.79 Å². The van der Waals surface area contributed by atoms with Gasteiger partial charge in [0.1, 0.15) is 0 Å². The van der Waals surface area contributed by atoms with E-state index < -0.39 is 0 Å². The summed E-state index contributed by atoms with van der Waals surface area (Å²) in [5.74, 6) is 0.638. The average molecular weight is 326 g/mol. The van der Waals surface area contributed by atoms with Gasteiger partial charge in [0.25, 0.3) is 5.78 Å². The van der Waals surface area contributed by atoms with Crippen molar-refractivity contribution in [1.82, 2.24) is 19.6 Å². The summed E-state index contributed by atoms with van der Waals surface area (Å²) in [5, 5.41) is 4.64. The molecule has 0 fully saturated rings. The first kappa shape index (κ1) is 15.7. The molecule has 0 saturated heterocycles. The molecule has 118 valence electrons. The quantitative estimate of drug-likeness (QED) is 0.543. The number of benzene rings is 1. The van der Waals surface area contributed by atoms with Crippen molar-refractivity contribution in [3.05, 3.63) is 52.8 Å². The molecule has 0 aliphatic rings. The van der Waals surface area contributed by atoms with Crippen molar-refractivity contribution in [2.75, 3.05) is 0 Å². The lowest BCUT2D eigenvalue weighted by Gasteiger charge is -2.12. The molecule has 3 aromatic rings. The van der Waals surface area contributed by atoms with Gasteiger partial charge in [-0.2, -0.15) is 4.98 Å². The monoisotopic (exact) mass is 326 g/mol. The number of Topliss-reactive ketones (excluding diaryl/α,β-unsaturated/α-hetero) is 1. The predicted octanol–water partition coefficient (Wildman–Crippen LogP) is 3.41. The molecule has 1 unspecified atom stereocenters. The zero-order chi connectivity index (χ0) is 16.6. The van der Waals surface area contributed by atoms with Crippen molar-refractivity contribution in [3.63, 3.8) is 0 Å². The van der Waals surface area contributed by atoms with Gasteiger partial charge in [0.05, 0.1) is 5.25 Å². The molecule has 0 amide bonds. The van der Waals surface area contributed by atoms with Gasteiger partial charge >= 0.3 is 0 Å².